The highest BCUT2D eigenvalue weighted by Crippen LogP contribution is 2.66. The number of carbonyl (C=O) groups excluding carboxylic acids is 1. The van der Waals surface area contributed by atoms with Gasteiger partial charge in [-0.05, 0) is 73.5 Å². The topological polar surface area (TPSA) is 46.5 Å². The second-order valence-electron chi connectivity index (χ2n) is 8.75. The Hall–Kier alpha value is -0.570. The van der Waals surface area contributed by atoms with Gasteiger partial charge in [0.25, 0.3) is 0 Å². The zero-order valence-corrected chi connectivity index (χ0v) is 14.6. The Balaban J connectivity index is 1.44. The molecule has 9 unspecified atom stereocenters. The van der Waals surface area contributed by atoms with Crippen LogP contribution in [0.1, 0.15) is 58.8 Å². The van der Waals surface area contributed by atoms with Gasteiger partial charge in [0.1, 0.15) is 0 Å². The van der Waals surface area contributed by atoms with Gasteiger partial charge in [0.05, 0.1) is 18.6 Å². The van der Waals surface area contributed by atoms with E-state index in [0.29, 0.717) is 18.9 Å². The van der Waals surface area contributed by atoms with E-state index in [-0.39, 0.29) is 11.9 Å². The number of cyclic esters (lactones) is 1. The van der Waals surface area contributed by atoms with Crippen LogP contribution in [0, 0.1) is 47.3 Å². The van der Waals surface area contributed by atoms with E-state index in [9.17, 15) is 9.90 Å². The summed E-state index contributed by atoms with van der Waals surface area (Å²) in [6.45, 7) is 5.24. The summed E-state index contributed by atoms with van der Waals surface area (Å²) in [5, 5.41) is 10.6. The monoisotopic (exact) mass is 320 g/mol. The summed E-state index contributed by atoms with van der Waals surface area (Å²) >= 11 is 0. The van der Waals surface area contributed by atoms with Gasteiger partial charge >= 0.3 is 5.97 Å². The first-order valence-corrected chi connectivity index (χ1v) is 9.98. The van der Waals surface area contributed by atoms with Crippen LogP contribution < -0.4 is 0 Å². The summed E-state index contributed by atoms with van der Waals surface area (Å²) < 4.78 is 5.05. The van der Waals surface area contributed by atoms with Gasteiger partial charge in [-0.1, -0.05) is 26.7 Å². The zero-order chi connectivity index (χ0) is 16.1. The minimum atomic E-state index is -0.476. The van der Waals surface area contributed by atoms with E-state index in [1.807, 2.05) is 0 Å². The minimum Gasteiger partial charge on any atom is -0.465 e. The molecular weight excluding hydrogens is 288 g/mol. The van der Waals surface area contributed by atoms with Crippen molar-refractivity contribution in [3.05, 3.63) is 0 Å². The largest absolute Gasteiger partial charge is 0.465 e. The number of fused-ring (bicyclic) bond motifs is 5. The molecule has 0 aromatic heterocycles. The normalized spacial score (nSPS) is 49.4. The molecule has 0 aromatic carbocycles. The van der Waals surface area contributed by atoms with Crippen molar-refractivity contribution >= 4 is 5.97 Å². The number of hydrogen-bond acceptors (Lipinski definition) is 3. The number of aliphatic hydroxyl groups is 1. The molecule has 4 fully saturated rings. The fourth-order valence-corrected chi connectivity index (χ4v) is 7.14. The van der Waals surface area contributed by atoms with Gasteiger partial charge in [-0.25, -0.2) is 0 Å². The van der Waals surface area contributed by atoms with Crippen LogP contribution >= 0.6 is 0 Å². The lowest BCUT2D eigenvalue weighted by Gasteiger charge is -2.37. The molecule has 9 atom stereocenters. The van der Waals surface area contributed by atoms with Crippen molar-refractivity contribution in [2.24, 2.45) is 47.3 Å². The second kappa shape index (κ2) is 6.06. The lowest BCUT2D eigenvalue weighted by molar-refractivity contribution is -0.144. The first kappa shape index (κ1) is 15.9. The number of ether oxygens (including phenoxy) is 1. The molecule has 3 nitrogen and oxygen atoms in total. The molecule has 1 saturated heterocycles. The predicted octanol–water partition coefficient (Wildman–Crippen LogP) is 3.65. The third-order valence-electron chi connectivity index (χ3n) is 8.00. The Morgan fingerprint density at radius 3 is 2.48 bits per heavy atom. The van der Waals surface area contributed by atoms with Crippen LogP contribution in [0.4, 0.5) is 0 Å². The first-order valence-electron chi connectivity index (χ1n) is 9.98. The highest BCUT2D eigenvalue weighted by Gasteiger charge is 2.59. The average molecular weight is 320 g/mol. The van der Waals surface area contributed by atoms with Crippen molar-refractivity contribution in [1.82, 2.24) is 0 Å². The maximum absolute atomic E-state index is 11.7. The van der Waals surface area contributed by atoms with E-state index in [1.165, 1.54) is 32.1 Å². The number of esters is 1. The summed E-state index contributed by atoms with van der Waals surface area (Å²) in [6, 6.07) is 0. The zero-order valence-electron chi connectivity index (χ0n) is 14.6. The lowest BCUT2D eigenvalue weighted by atomic mass is 9.69. The molecule has 1 N–H and O–H groups in total. The number of carbonyl (C=O) groups is 1. The standard InChI is InChI=1S/C20H32O3/c1-3-11-7-12(4-2)19-16-9-14(18(11)19)8-13(16)10-17(21)15-5-6-23-20(15)22/h11-19,21H,3-10H2,1-2H3. The molecule has 0 amide bonds. The summed E-state index contributed by atoms with van der Waals surface area (Å²) in [7, 11) is 0. The van der Waals surface area contributed by atoms with Gasteiger partial charge < -0.3 is 9.84 Å². The lowest BCUT2D eigenvalue weighted by Crippen LogP contribution is -2.34. The van der Waals surface area contributed by atoms with Crippen molar-refractivity contribution < 1.29 is 14.6 Å². The molecule has 3 saturated carbocycles. The van der Waals surface area contributed by atoms with E-state index in [0.717, 1.165) is 41.9 Å². The van der Waals surface area contributed by atoms with Crippen molar-refractivity contribution in [2.45, 2.75) is 64.9 Å². The molecule has 4 aliphatic rings. The van der Waals surface area contributed by atoms with Crippen LogP contribution in [0.2, 0.25) is 0 Å². The van der Waals surface area contributed by atoms with Crippen LogP contribution in [0.15, 0.2) is 0 Å². The second-order valence-corrected chi connectivity index (χ2v) is 8.75. The van der Waals surface area contributed by atoms with Crippen LogP contribution in [0.25, 0.3) is 0 Å². The van der Waals surface area contributed by atoms with Gasteiger partial charge in [-0.2, -0.15) is 0 Å². The molecule has 2 bridgehead atoms. The van der Waals surface area contributed by atoms with Gasteiger partial charge in [0.15, 0.2) is 0 Å². The van der Waals surface area contributed by atoms with Gasteiger partial charge in [-0.15, -0.1) is 0 Å². The molecule has 130 valence electrons. The number of hydrogen-bond donors (Lipinski definition) is 1. The van der Waals surface area contributed by atoms with Crippen LogP contribution in [0.3, 0.4) is 0 Å². The molecule has 3 aliphatic carbocycles. The quantitative estimate of drug-likeness (QED) is 0.787. The molecule has 23 heavy (non-hydrogen) atoms. The number of aliphatic hydroxyl groups excluding tert-OH is 1. The average Bonchev–Trinajstić information content (AvgIpc) is 3.26. The molecule has 1 aliphatic heterocycles. The fourth-order valence-electron chi connectivity index (χ4n) is 7.14. The molecule has 0 spiro atoms. The summed E-state index contributed by atoms with van der Waals surface area (Å²) in [5.74, 6) is 5.70. The third kappa shape index (κ3) is 2.45. The molecular formula is C20H32O3. The van der Waals surface area contributed by atoms with E-state index < -0.39 is 6.10 Å². The molecule has 4 rings (SSSR count). The van der Waals surface area contributed by atoms with Crippen molar-refractivity contribution in [3.8, 4) is 0 Å². The van der Waals surface area contributed by atoms with Gasteiger partial charge in [0, 0.05) is 0 Å². The van der Waals surface area contributed by atoms with Crippen LogP contribution in [-0.2, 0) is 9.53 Å². The smallest absolute Gasteiger partial charge is 0.311 e. The van der Waals surface area contributed by atoms with Gasteiger partial charge in [0.2, 0.25) is 0 Å². The molecule has 1 heterocycles. The molecule has 0 aromatic rings. The fraction of sp³-hybridized carbons (Fsp3) is 0.950. The Bertz CT molecular complexity index is 462. The number of rotatable bonds is 5. The maximum atomic E-state index is 11.7. The molecule has 0 radical (unpaired) electrons. The Labute approximate surface area is 140 Å². The highest BCUT2D eigenvalue weighted by atomic mass is 16.5. The predicted molar refractivity (Wildman–Crippen MR) is 88.6 cm³/mol. The van der Waals surface area contributed by atoms with Crippen molar-refractivity contribution in [2.75, 3.05) is 6.61 Å². The Morgan fingerprint density at radius 1 is 1.09 bits per heavy atom. The third-order valence-corrected chi connectivity index (χ3v) is 8.00. The molecule has 3 heteroatoms. The summed E-state index contributed by atoms with van der Waals surface area (Å²) in [5.41, 5.74) is 0. The van der Waals surface area contributed by atoms with E-state index >= 15 is 0 Å². The maximum Gasteiger partial charge on any atom is 0.311 e. The van der Waals surface area contributed by atoms with Crippen molar-refractivity contribution in [3.63, 3.8) is 0 Å². The van der Waals surface area contributed by atoms with Crippen LogP contribution in [0.5, 0.6) is 0 Å². The van der Waals surface area contributed by atoms with Crippen LogP contribution in [-0.4, -0.2) is 23.8 Å². The van der Waals surface area contributed by atoms with E-state index in [2.05, 4.69) is 13.8 Å². The van der Waals surface area contributed by atoms with E-state index in [4.69, 9.17) is 4.74 Å². The van der Waals surface area contributed by atoms with Crippen molar-refractivity contribution in [1.29, 1.82) is 0 Å². The highest BCUT2D eigenvalue weighted by molar-refractivity contribution is 5.74. The van der Waals surface area contributed by atoms with E-state index in [1.54, 1.807) is 0 Å². The summed E-state index contributed by atoms with van der Waals surface area (Å²) in [4.78, 5) is 11.7. The summed E-state index contributed by atoms with van der Waals surface area (Å²) in [6.07, 6.45) is 7.88. The first-order chi connectivity index (χ1) is 11.1. The Morgan fingerprint density at radius 2 is 1.83 bits per heavy atom. The van der Waals surface area contributed by atoms with Gasteiger partial charge in [-0.3, -0.25) is 4.79 Å². The SMILES string of the molecule is CCC1CC(CC)C2C3CC(CC3CC(O)C3CCOC3=O)C12. The minimum absolute atomic E-state index is 0.170. The Kier molecular flexibility index (Phi) is 4.19.